The average Bonchev–Trinajstić information content (AvgIpc) is 2.91. The summed E-state index contributed by atoms with van der Waals surface area (Å²) in [7, 11) is 8.10. The molecule has 7 heteroatoms. The van der Waals surface area contributed by atoms with Crippen molar-refractivity contribution in [1.29, 1.82) is 0 Å². The Morgan fingerprint density at radius 1 is 1.08 bits per heavy atom. The Hall–Kier alpha value is -2.51. The number of aromatic nitrogens is 4. The standard InChI is InChI=1S/C19H24N6S/c1-22(2)17-9-7-15(8-10-17)13-23(3)14-25-19(26)24(4)18(21-25)16-6-5-11-20-12-16/h5-12H,13-14H2,1-4H3. The number of hydrogen-bond donors (Lipinski definition) is 0. The van der Waals surface area contributed by atoms with Crippen LogP contribution in [0.2, 0.25) is 0 Å². The summed E-state index contributed by atoms with van der Waals surface area (Å²) in [5.74, 6) is 0.826. The Morgan fingerprint density at radius 2 is 1.81 bits per heavy atom. The molecule has 1 aromatic carbocycles. The van der Waals surface area contributed by atoms with Gasteiger partial charge in [0, 0.05) is 51.3 Å². The van der Waals surface area contributed by atoms with Crippen molar-refractivity contribution in [2.75, 3.05) is 26.0 Å². The van der Waals surface area contributed by atoms with E-state index in [0.29, 0.717) is 11.4 Å². The van der Waals surface area contributed by atoms with Crippen molar-refractivity contribution in [3.63, 3.8) is 0 Å². The molecular formula is C19H24N6S. The van der Waals surface area contributed by atoms with Gasteiger partial charge in [-0.1, -0.05) is 12.1 Å². The normalized spacial score (nSPS) is 11.1. The van der Waals surface area contributed by atoms with Gasteiger partial charge in [0.05, 0.1) is 6.67 Å². The zero-order chi connectivity index (χ0) is 18.7. The van der Waals surface area contributed by atoms with E-state index in [0.717, 1.165) is 17.9 Å². The third kappa shape index (κ3) is 4.00. The van der Waals surface area contributed by atoms with E-state index in [9.17, 15) is 0 Å². The van der Waals surface area contributed by atoms with Crippen LogP contribution in [0.1, 0.15) is 5.56 Å². The van der Waals surface area contributed by atoms with Gasteiger partial charge in [-0.3, -0.25) is 9.88 Å². The summed E-state index contributed by atoms with van der Waals surface area (Å²) in [6.45, 7) is 1.46. The van der Waals surface area contributed by atoms with E-state index in [1.54, 1.807) is 12.4 Å². The highest BCUT2D eigenvalue weighted by Crippen LogP contribution is 2.17. The number of rotatable bonds is 6. The quantitative estimate of drug-likeness (QED) is 0.625. The van der Waals surface area contributed by atoms with Gasteiger partial charge in [-0.05, 0) is 49.1 Å². The molecule has 0 aliphatic carbocycles. The smallest absolute Gasteiger partial charge is 0.199 e. The number of nitrogens with zero attached hydrogens (tertiary/aromatic N) is 6. The summed E-state index contributed by atoms with van der Waals surface area (Å²) in [5.41, 5.74) is 3.42. The molecule has 0 fully saturated rings. The molecule has 0 saturated carbocycles. The summed E-state index contributed by atoms with van der Waals surface area (Å²) < 4.78 is 4.47. The van der Waals surface area contributed by atoms with Crippen LogP contribution >= 0.6 is 12.2 Å². The van der Waals surface area contributed by atoms with Gasteiger partial charge in [0.2, 0.25) is 0 Å². The molecular weight excluding hydrogens is 344 g/mol. The Morgan fingerprint density at radius 3 is 2.42 bits per heavy atom. The Bertz CT molecular complexity index is 911. The second-order valence-electron chi connectivity index (χ2n) is 6.62. The molecule has 3 aromatic rings. The molecule has 136 valence electrons. The lowest BCUT2D eigenvalue weighted by atomic mass is 10.2. The van der Waals surface area contributed by atoms with Gasteiger partial charge in [-0.2, -0.15) is 5.10 Å². The molecule has 0 spiro atoms. The molecule has 2 aromatic heterocycles. The minimum absolute atomic E-state index is 0.627. The molecule has 3 rings (SSSR count). The number of anilines is 1. The molecule has 6 nitrogen and oxygen atoms in total. The minimum atomic E-state index is 0.627. The fraction of sp³-hybridized carbons (Fsp3) is 0.316. The molecule has 0 atom stereocenters. The zero-order valence-corrected chi connectivity index (χ0v) is 16.4. The van der Waals surface area contributed by atoms with Gasteiger partial charge < -0.3 is 9.47 Å². The third-order valence-electron chi connectivity index (χ3n) is 4.24. The molecule has 0 aliphatic rings. The summed E-state index contributed by atoms with van der Waals surface area (Å²) in [6, 6.07) is 12.5. The number of pyridine rings is 1. The monoisotopic (exact) mass is 368 g/mol. The highest BCUT2D eigenvalue weighted by Gasteiger charge is 2.11. The van der Waals surface area contributed by atoms with E-state index in [1.807, 2.05) is 42.5 Å². The van der Waals surface area contributed by atoms with Crippen LogP contribution in [0.25, 0.3) is 11.4 Å². The first-order chi connectivity index (χ1) is 12.5. The fourth-order valence-electron chi connectivity index (χ4n) is 2.82. The molecule has 26 heavy (non-hydrogen) atoms. The first-order valence-electron chi connectivity index (χ1n) is 8.45. The predicted octanol–water partition coefficient (Wildman–Crippen LogP) is 3.17. The second kappa shape index (κ2) is 7.80. The molecule has 0 unspecified atom stereocenters. The third-order valence-corrected chi connectivity index (χ3v) is 4.73. The summed E-state index contributed by atoms with van der Waals surface area (Å²) in [4.78, 5) is 8.46. The maximum atomic E-state index is 5.55. The van der Waals surface area contributed by atoms with E-state index in [4.69, 9.17) is 12.2 Å². The van der Waals surface area contributed by atoms with Crippen molar-refractivity contribution >= 4 is 17.9 Å². The largest absolute Gasteiger partial charge is 0.378 e. The van der Waals surface area contributed by atoms with E-state index in [2.05, 4.69) is 51.2 Å². The number of benzene rings is 1. The first-order valence-corrected chi connectivity index (χ1v) is 8.85. The van der Waals surface area contributed by atoms with Crippen LogP contribution in [0.15, 0.2) is 48.8 Å². The van der Waals surface area contributed by atoms with Gasteiger partial charge in [0.15, 0.2) is 10.6 Å². The van der Waals surface area contributed by atoms with Crippen molar-refractivity contribution in [3.8, 4) is 11.4 Å². The van der Waals surface area contributed by atoms with Gasteiger partial charge in [-0.15, -0.1) is 0 Å². The lowest BCUT2D eigenvalue weighted by Crippen LogP contribution is -2.22. The van der Waals surface area contributed by atoms with Gasteiger partial charge >= 0.3 is 0 Å². The number of hydrogen-bond acceptors (Lipinski definition) is 5. The van der Waals surface area contributed by atoms with E-state index < -0.39 is 0 Å². The van der Waals surface area contributed by atoms with Gasteiger partial charge in [0.25, 0.3) is 0 Å². The van der Waals surface area contributed by atoms with Crippen molar-refractivity contribution in [3.05, 3.63) is 59.1 Å². The average molecular weight is 369 g/mol. The topological polar surface area (TPSA) is 42.1 Å². The summed E-state index contributed by atoms with van der Waals surface area (Å²) >= 11 is 5.55. The second-order valence-corrected chi connectivity index (χ2v) is 6.99. The molecule has 0 amide bonds. The predicted molar refractivity (Wildman–Crippen MR) is 107 cm³/mol. The van der Waals surface area contributed by atoms with E-state index >= 15 is 0 Å². The Balaban J connectivity index is 1.73. The van der Waals surface area contributed by atoms with Crippen LogP contribution < -0.4 is 4.90 Å². The molecule has 0 radical (unpaired) electrons. The summed E-state index contributed by atoms with van der Waals surface area (Å²) in [5, 5.41) is 4.69. The molecule has 0 bridgehead atoms. The van der Waals surface area contributed by atoms with Gasteiger partial charge in [-0.25, -0.2) is 4.68 Å². The van der Waals surface area contributed by atoms with Crippen LogP contribution in [0.5, 0.6) is 0 Å². The first kappa shape index (κ1) is 18.3. The zero-order valence-electron chi connectivity index (χ0n) is 15.6. The maximum Gasteiger partial charge on any atom is 0.199 e. The van der Waals surface area contributed by atoms with Crippen molar-refractivity contribution in [2.24, 2.45) is 7.05 Å². The molecule has 0 N–H and O–H groups in total. The van der Waals surface area contributed by atoms with Crippen molar-refractivity contribution in [1.82, 2.24) is 24.2 Å². The van der Waals surface area contributed by atoms with Crippen LogP contribution in [-0.2, 0) is 20.3 Å². The summed E-state index contributed by atoms with van der Waals surface area (Å²) in [6.07, 6.45) is 3.56. The molecule has 2 heterocycles. The van der Waals surface area contributed by atoms with E-state index in [-0.39, 0.29) is 0 Å². The highest BCUT2D eigenvalue weighted by molar-refractivity contribution is 7.71. The van der Waals surface area contributed by atoms with E-state index in [1.165, 1.54) is 11.3 Å². The van der Waals surface area contributed by atoms with Crippen LogP contribution in [0, 0.1) is 4.77 Å². The fourth-order valence-corrected chi connectivity index (χ4v) is 3.00. The lowest BCUT2D eigenvalue weighted by molar-refractivity contribution is 0.244. The van der Waals surface area contributed by atoms with Crippen LogP contribution in [0.4, 0.5) is 5.69 Å². The van der Waals surface area contributed by atoms with Gasteiger partial charge in [0.1, 0.15) is 0 Å². The van der Waals surface area contributed by atoms with Crippen molar-refractivity contribution < 1.29 is 0 Å². The maximum absolute atomic E-state index is 5.55. The SMILES string of the molecule is CN(Cc1ccc(N(C)C)cc1)Cn1nc(-c2cccnc2)n(C)c1=S. The van der Waals surface area contributed by atoms with Crippen LogP contribution in [-0.4, -0.2) is 45.4 Å². The Labute approximate surface area is 159 Å². The highest BCUT2D eigenvalue weighted by atomic mass is 32.1. The minimum Gasteiger partial charge on any atom is -0.378 e. The van der Waals surface area contributed by atoms with Crippen molar-refractivity contribution in [2.45, 2.75) is 13.2 Å². The Kier molecular flexibility index (Phi) is 5.49. The lowest BCUT2D eigenvalue weighted by Gasteiger charge is -2.17. The molecule has 0 aliphatic heterocycles. The molecule has 0 saturated heterocycles. The van der Waals surface area contributed by atoms with Crippen LogP contribution in [0.3, 0.4) is 0 Å².